The van der Waals surface area contributed by atoms with Crippen molar-refractivity contribution >= 4 is 27.9 Å². The molecule has 2 aliphatic rings. The number of aromatic nitrogens is 4. The van der Waals surface area contributed by atoms with E-state index in [0.29, 0.717) is 31.5 Å². The number of aryl methyl sites for hydroxylation is 1. The smallest absolute Gasteiger partial charge is 0.335 e. The zero-order chi connectivity index (χ0) is 29.3. The molecule has 3 aromatic heterocycles. The number of carboxylic acids is 1. The molecule has 2 saturated heterocycles. The third kappa shape index (κ3) is 5.96. The molecule has 2 aromatic carbocycles. The number of nitrogens with zero attached hydrogens (tertiary/aromatic N) is 5. The van der Waals surface area contributed by atoms with Crippen molar-refractivity contribution in [2.24, 2.45) is 0 Å². The molecule has 9 heteroatoms. The van der Waals surface area contributed by atoms with Gasteiger partial charge in [0, 0.05) is 35.4 Å². The summed E-state index contributed by atoms with van der Waals surface area (Å²) in [4.78, 5) is 28.4. The van der Waals surface area contributed by atoms with E-state index in [4.69, 9.17) is 19.4 Å². The van der Waals surface area contributed by atoms with Crippen LogP contribution >= 0.6 is 0 Å². The Hall–Kier alpha value is -4.34. The molecule has 1 atom stereocenters. The van der Waals surface area contributed by atoms with Crippen LogP contribution in [-0.2, 0) is 24.4 Å². The predicted molar refractivity (Wildman–Crippen MR) is 163 cm³/mol. The van der Waals surface area contributed by atoms with Crippen molar-refractivity contribution in [2.45, 2.75) is 57.9 Å². The number of carbonyl (C=O) groups is 1. The molecule has 43 heavy (non-hydrogen) atoms. The summed E-state index contributed by atoms with van der Waals surface area (Å²) < 4.78 is 14.0. The molecule has 0 bridgehead atoms. The fourth-order valence-corrected chi connectivity index (χ4v) is 6.11. The fraction of sp³-hybridized carbons (Fsp3) is 0.353. The Morgan fingerprint density at radius 2 is 1.81 bits per heavy atom. The van der Waals surface area contributed by atoms with E-state index in [2.05, 4.69) is 38.7 Å². The molecule has 5 aromatic rings. The summed E-state index contributed by atoms with van der Waals surface area (Å²) >= 11 is 0. The second kappa shape index (κ2) is 11.7. The van der Waals surface area contributed by atoms with Gasteiger partial charge in [0.15, 0.2) is 0 Å². The summed E-state index contributed by atoms with van der Waals surface area (Å²) in [6.45, 7) is 6.52. The van der Waals surface area contributed by atoms with Gasteiger partial charge in [0.25, 0.3) is 0 Å². The maximum Gasteiger partial charge on any atom is 0.335 e. The van der Waals surface area contributed by atoms with E-state index in [-0.39, 0.29) is 11.7 Å². The first kappa shape index (κ1) is 27.5. The Morgan fingerprint density at radius 3 is 2.60 bits per heavy atom. The molecular weight excluding hydrogens is 542 g/mol. The molecule has 5 heterocycles. The van der Waals surface area contributed by atoms with Crippen LogP contribution in [0.15, 0.2) is 66.7 Å². The monoisotopic (exact) mass is 577 g/mol. The lowest BCUT2D eigenvalue weighted by atomic mass is 9.93. The maximum atomic E-state index is 11.6. The van der Waals surface area contributed by atoms with Gasteiger partial charge in [-0.1, -0.05) is 18.2 Å². The highest BCUT2D eigenvalue weighted by Gasteiger charge is 2.26. The Morgan fingerprint density at radius 1 is 0.977 bits per heavy atom. The van der Waals surface area contributed by atoms with Crippen LogP contribution in [0.25, 0.3) is 21.9 Å². The normalized spacial score (nSPS) is 17.7. The van der Waals surface area contributed by atoms with E-state index in [0.717, 1.165) is 83.7 Å². The Kier molecular flexibility index (Phi) is 7.51. The summed E-state index contributed by atoms with van der Waals surface area (Å²) in [5.74, 6) is 1.05. The van der Waals surface area contributed by atoms with Crippen LogP contribution in [0.2, 0.25) is 0 Å². The van der Waals surface area contributed by atoms with Crippen molar-refractivity contribution in [1.29, 1.82) is 0 Å². The van der Waals surface area contributed by atoms with Crippen LogP contribution in [0.5, 0.6) is 5.88 Å². The number of hydrogen-bond donors (Lipinski definition) is 1. The van der Waals surface area contributed by atoms with Gasteiger partial charge in [0.2, 0.25) is 5.88 Å². The van der Waals surface area contributed by atoms with Crippen LogP contribution in [0.1, 0.15) is 58.3 Å². The largest absolute Gasteiger partial charge is 0.478 e. The molecule has 1 N–H and O–H groups in total. The maximum absolute atomic E-state index is 11.6. The summed E-state index contributed by atoms with van der Waals surface area (Å²) in [7, 11) is 0. The number of rotatable bonds is 9. The molecule has 220 valence electrons. The number of pyridine rings is 2. The molecule has 0 radical (unpaired) electrons. The molecule has 0 aliphatic carbocycles. The topological polar surface area (TPSA) is 103 Å². The van der Waals surface area contributed by atoms with E-state index in [1.54, 1.807) is 12.1 Å². The Labute approximate surface area is 250 Å². The lowest BCUT2D eigenvalue weighted by Crippen LogP contribution is -2.35. The van der Waals surface area contributed by atoms with Gasteiger partial charge in [-0.2, -0.15) is 0 Å². The number of benzene rings is 2. The molecule has 0 amide bonds. The molecule has 2 aliphatic heterocycles. The standard InChI is InChI=1S/C34H35N5O4/c1-22-5-7-25-17-23(6-9-29(25)35-22)21-43-33-4-2-3-28(37-33)24-11-14-38(15-12-24)20-32-36-30-10-8-26(34(40)41)18-31(30)39(32)19-27-13-16-42-27/h2-10,17-18,24,27H,11-16,19-21H2,1H3,(H,40,41)/t27-/m0/s1. The summed E-state index contributed by atoms with van der Waals surface area (Å²) in [5.41, 5.74) is 6.13. The van der Waals surface area contributed by atoms with Gasteiger partial charge < -0.3 is 19.1 Å². The summed E-state index contributed by atoms with van der Waals surface area (Å²) in [6.07, 6.45) is 3.17. The van der Waals surface area contributed by atoms with Gasteiger partial charge in [-0.05, 0) is 87.3 Å². The molecule has 0 spiro atoms. The first-order valence-electron chi connectivity index (χ1n) is 15.0. The second-order valence-electron chi connectivity index (χ2n) is 11.6. The average Bonchev–Trinajstić information content (AvgIpc) is 3.34. The lowest BCUT2D eigenvalue weighted by Gasteiger charge is -2.32. The molecule has 0 unspecified atom stereocenters. The minimum Gasteiger partial charge on any atom is -0.478 e. The fourth-order valence-electron chi connectivity index (χ4n) is 6.11. The zero-order valence-electron chi connectivity index (χ0n) is 24.3. The zero-order valence-corrected chi connectivity index (χ0v) is 24.3. The van der Waals surface area contributed by atoms with Crippen molar-refractivity contribution in [3.8, 4) is 5.88 Å². The van der Waals surface area contributed by atoms with Crippen molar-refractivity contribution in [1.82, 2.24) is 24.4 Å². The average molecular weight is 578 g/mol. The third-order valence-corrected chi connectivity index (χ3v) is 8.65. The Bertz CT molecular complexity index is 1790. The number of carboxylic acid groups (broad SMARTS) is 1. The predicted octanol–water partition coefficient (Wildman–Crippen LogP) is 5.73. The number of fused-ring (bicyclic) bond motifs is 2. The highest BCUT2D eigenvalue weighted by atomic mass is 16.5. The Balaban J connectivity index is 0.996. The molecular formula is C34H35N5O4. The van der Waals surface area contributed by atoms with E-state index in [1.165, 1.54) is 0 Å². The minimum atomic E-state index is -0.928. The highest BCUT2D eigenvalue weighted by Crippen LogP contribution is 2.30. The SMILES string of the molecule is Cc1ccc2cc(COc3cccc(C4CCN(Cc5nc6ccc(C(=O)O)cc6n5C[C@@H]5CCO5)CC4)n3)ccc2n1. The molecule has 7 rings (SSSR count). The number of aromatic carboxylic acids is 1. The number of ether oxygens (including phenoxy) is 2. The van der Waals surface area contributed by atoms with Crippen molar-refractivity contribution in [2.75, 3.05) is 19.7 Å². The van der Waals surface area contributed by atoms with Crippen molar-refractivity contribution in [3.05, 3.63) is 95.1 Å². The van der Waals surface area contributed by atoms with E-state index in [9.17, 15) is 9.90 Å². The molecule has 9 nitrogen and oxygen atoms in total. The second-order valence-corrected chi connectivity index (χ2v) is 11.6. The first-order valence-corrected chi connectivity index (χ1v) is 15.0. The van der Waals surface area contributed by atoms with Crippen LogP contribution in [0, 0.1) is 6.92 Å². The van der Waals surface area contributed by atoms with Crippen LogP contribution in [0.3, 0.4) is 0 Å². The van der Waals surface area contributed by atoms with Gasteiger partial charge >= 0.3 is 5.97 Å². The quantitative estimate of drug-likeness (QED) is 0.237. The molecule has 0 saturated carbocycles. The number of hydrogen-bond acceptors (Lipinski definition) is 7. The van der Waals surface area contributed by atoms with Gasteiger partial charge in [-0.25, -0.2) is 14.8 Å². The van der Waals surface area contributed by atoms with E-state index >= 15 is 0 Å². The van der Waals surface area contributed by atoms with Crippen molar-refractivity contribution < 1.29 is 19.4 Å². The number of imidazole rings is 1. The highest BCUT2D eigenvalue weighted by molar-refractivity contribution is 5.92. The summed E-state index contributed by atoms with van der Waals surface area (Å²) in [5, 5.41) is 10.6. The van der Waals surface area contributed by atoms with E-state index in [1.807, 2.05) is 37.3 Å². The third-order valence-electron chi connectivity index (χ3n) is 8.65. The van der Waals surface area contributed by atoms with Crippen molar-refractivity contribution in [3.63, 3.8) is 0 Å². The summed E-state index contributed by atoms with van der Waals surface area (Å²) in [6, 6.07) is 21.6. The minimum absolute atomic E-state index is 0.151. The lowest BCUT2D eigenvalue weighted by molar-refractivity contribution is -0.0592. The number of piperidine rings is 1. The van der Waals surface area contributed by atoms with Gasteiger partial charge in [0.1, 0.15) is 12.4 Å². The number of likely N-dealkylation sites (tertiary alicyclic amines) is 1. The first-order chi connectivity index (χ1) is 21.0. The van der Waals surface area contributed by atoms with Gasteiger partial charge in [-0.15, -0.1) is 0 Å². The van der Waals surface area contributed by atoms with Gasteiger partial charge in [-0.3, -0.25) is 9.88 Å². The van der Waals surface area contributed by atoms with Crippen LogP contribution in [0.4, 0.5) is 0 Å². The van der Waals surface area contributed by atoms with Crippen LogP contribution < -0.4 is 4.74 Å². The molecule has 2 fully saturated rings. The van der Waals surface area contributed by atoms with Gasteiger partial charge in [0.05, 0.1) is 41.3 Å². The van der Waals surface area contributed by atoms with Crippen LogP contribution in [-0.4, -0.2) is 61.3 Å². The van der Waals surface area contributed by atoms with E-state index < -0.39 is 5.97 Å².